The molecule has 25 heavy (non-hydrogen) atoms. The number of ether oxygens (including phenoxy) is 2. The zero-order chi connectivity index (χ0) is 18.2. The summed E-state index contributed by atoms with van der Waals surface area (Å²) in [5, 5.41) is 11.3. The number of aromatic nitrogens is 3. The Morgan fingerprint density at radius 3 is 2.60 bits per heavy atom. The summed E-state index contributed by atoms with van der Waals surface area (Å²) < 4.78 is 11.6. The molecule has 0 bridgehead atoms. The number of benzene rings is 1. The van der Waals surface area contributed by atoms with E-state index in [2.05, 4.69) is 15.5 Å². The van der Waals surface area contributed by atoms with Crippen LogP contribution in [0.5, 0.6) is 5.75 Å². The average molecular weight is 364 g/mol. The van der Waals surface area contributed by atoms with Gasteiger partial charge in [-0.3, -0.25) is 9.59 Å². The largest absolute Gasteiger partial charge is 0.497 e. The van der Waals surface area contributed by atoms with E-state index < -0.39 is 0 Å². The van der Waals surface area contributed by atoms with Crippen LogP contribution < -0.4 is 10.1 Å². The van der Waals surface area contributed by atoms with Crippen molar-refractivity contribution in [2.24, 2.45) is 7.05 Å². The molecule has 1 aromatic carbocycles. The quantitative estimate of drug-likeness (QED) is 0.562. The van der Waals surface area contributed by atoms with Crippen LogP contribution in [0.3, 0.4) is 0 Å². The van der Waals surface area contributed by atoms with Crippen LogP contribution in [0.1, 0.15) is 12.7 Å². The molecule has 0 aliphatic heterocycles. The minimum Gasteiger partial charge on any atom is -0.497 e. The van der Waals surface area contributed by atoms with Crippen LogP contribution in [0.25, 0.3) is 0 Å². The van der Waals surface area contributed by atoms with Gasteiger partial charge in [0.05, 0.1) is 19.5 Å². The van der Waals surface area contributed by atoms with Gasteiger partial charge in [0.25, 0.3) is 0 Å². The maximum atomic E-state index is 12.0. The van der Waals surface area contributed by atoms with E-state index in [1.807, 2.05) is 0 Å². The predicted octanol–water partition coefficient (Wildman–Crippen LogP) is 1.66. The number of anilines is 1. The topological polar surface area (TPSA) is 95.3 Å². The molecule has 0 spiro atoms. The number of carbonyl (C=O) groups is 2. The first-order valence-electron chi connectivity index (χ1n) is 7.64. The SMILES string of the molecule is CCOC(=O)Cc1nnc(SCC(=O)Nc2ccc(OC)cc2)n1C. The second kappa shape index (κ2) is 9.07. The monoisotopic (exact) mass is 364 g/mol. The Kier molecular flexibility index (Phi) is 6.81. The number of amides is 1. The summed E-state index contributed by atoms with van der Waals surface area (Å²) in [6, 6.07) is 7.07. The third kappa shape index (κ3) is 5.49. The number of esters is 1. The lowest BCUT2D eigenvalue weighted by atomic mass is 10.3. The Labute approximate surface area is 149 Å². The number of nitrogens with zero attached hydrogens (tertiary/aromatic N) is 3. The van der Waals surface area contributed by atoms with E-state index in [4.69, 9.17) is 9.47 Å². The molecule has 1 aromatic heterocycles. The molecule has 0 saturated heterocycles. The van der Waals surface area contributed by atoms with Crippen molar-refractivity contribution in [2.45, 2.75) is 18.5 Å². The fraction of sp³-hybridized carbons (Fsp3) is 0.375. The lowest BCUT2D eigenvalue weighted by Crippen LogP contribution is -2.15. The van der Waals surface area contributed by atoms with E-state index in [1.54, 1.807) is 49.9 Å². The molecule has 0 unspecified atom stereocenters. The number of hydrogen-bond acceptors (Lipinski definition) is 7. The zero-order valence-corrected chi connectivity index (χ0v) is 15.1. The smallest absolute Gasteiger partial charge is 0.313 e. The minimum atomic E-state index is -0.355. The standard InChI is InChI=1S/C16H20N4O4S/c1-4-24-15(22)9-13-18-19-16(20(13)2)25-10-14(21)17-11-5-7-12(23-3)8-6-11/h5-8H,4,9-10H2,1-3H3,(H,17,21). The number of nitrogens with one attached hydrogen (secondary N) is 1. The van der Waals surface area contributed by atoms with Crippen molar-refractivity contribution >= 4 is 29.3 Å². The van der Waals surface area contributed by atoms with Gasteiger partial charge in [-0.25, -0.2) is 0 Å². The van der Waals surface area contributed by atoms with E-state index >= 15 is 0 Å². The minimum absolute atomic E-state index is 0.0515. The molecule has 0 saturated carbocycles. The maximum Gasteiger partial charge on any atom is 0.313 e. The third-order valence-corrected chi connectivity index (χ3v) is 4.26. The summed E-state index contributed by atoms with van der Waals surface area (Å²) in [6.07, 6.45) is 0.0515. The Morgan fingerprint density at radius 1 is 1.24 bits per heavy atom. The highest BCUT2D eigenvalue weighted by molar-refractivity contribution is 7.99. The van der Waals surface area contributed by atoms with E-state index in [0.29, 0.717) is 23.3 Å². The molecule has 0 atom stereocenters. The van der Waals surface area contributed by atoms with Crippen molar-refractivity contribution in [1.82, 2.24) is 14.8 Å². The van der Waals surface area contributed by atoms with E-state index in [9.17, 15) is 9.59 Å². The first-order valence-corrected chi connectivity index (χ1v) is 8.62. The average Bonchev–Trinajstić information content (AvgIpc) is 2.94. The Hall–Kier alpha value is -2.55. The normalized spacial score (nSPS) is 10.4. The van der Waals surface area contributed by atoms with Gasteiger partial charge in [0, 0.05) is 12.7 Å². The van der Waals surface area contributed by atoms with Crippen LogP contribution in [-0.2, 0) is 27.8 Å². The first kappa shape index (κ1) is 18.8. The third-order valence-electron chi connectivity index (χ3n) is 3.24. The van der Waals surface area contributed by atoms with Gasteiger partial charge in [-0.05, 0) is 31.2 Å². The highest BCUT2D eigenvalue weighted by atomic mass is 32.2. The number of hydrogen-bond donors (Lipinski definition) is 1. The molecule has 0 aliphatic carbocycles. The fourth-order valence-electron chi connectivity index (χ4n) is 1.97. The van der Waals surface area contributed by atoms with Gasteiger partial charge in [0.1, 0.15) is 18.0 Å². The highest BCUT2D eigenvalue weighted by Crippen LogP contribution is 2.18. The Bertz CT molecular complexity index is 730. The molecular formula is C16H20N4O4S. The molecule has 2 aromatic rings. The molecule has 134 valence electrons. The number of thioether (sulfide) groups is 1. The molecule has 0 radical (unpaired) electrons. The second-order valence-corrected chi connectivity index (χ2v) is 5.95. The molecular weight excluding hydrogens is 344 g/mol. The van der Waals surface area contributed by atoms with Crippen LogP contribution in [0.2, 0.25) is 0 Å². The molecule has 8 nitrogen and oxygen atoms in total. The van der Waals surface area contributed by atoms with Crippen molar-refractivity contribution in [2.75, 3.05) is 24.8 Å². The summed E-state index contributed by atoms with van der Waals surface area (Å²) in [5.41, 5.74) is 0.687. The van der Waals surface area contributed by atoms with Gasteiger partial charge in [0.2, 0.25) is 5.91 Å². The summed E-state index contributed by atoms with van der Waals surface area (Å²) in [6.45, 7) is 2.07. The summed E-state index contributed by atoms with van der Waals surface area (Å²) >= 11 is 1.24. The van der Waals surface area contributed by atoms with E-state index in [0.717, 1.165) is 5.75 Å². The first-order chi connectivity index (χ1) is 12.0. The predicted molar refractivity (Wildman–Crippen MR) is 93.7 cm³/mol. The lowest BCUT2D eigenvalue weighted by molar-refractivity contribution is -0.142. The Morgan fingerprint density at radius 2 is 1.96 bits per heavy atom. The fourth-order valence-corrected chi connectivity index (χ4v) is 2.70. The summed E-state index contributed by atoms with van der Waals surface area (Å²) in [4.78, 5) is 23.5. The van der Waals surface area contributed by atoms with Crippen LogP contribution >= 0.6 is 11.8 Å². The highest BCUT2D eigenvalue weighted by Gasteiger charge is 2.15. The van der Waals surface area contributed by atoms with Crippen molar-refractivity contribution in [3.63, 3.8) is 0 Å². The molecule has 1 N–H and O–H groups in total. The van der Waals surface area contributed by atoms with Gasteiger partial charge in [0.15, 0.2) is 5.16 Å². The van der Waals surface area contributed by atoms with Gasteiger partial charge in [-0.2, -0.15) is 0 Å². The number of carbonyl (C=O) groups excluding carboxylic acids is 2. The molecule has 0 aliphatic rings. The number of methoxy groups -OCH3 is 1. The van der Waals surface area contributed by atoms with Crippen molar-refractivity contribution in [1.29, 1.82) is 0 Å². The summed E-state index contributed by atoms with van der Waals surface area (Å²) in [5.74, 6) is 0.881. The van der Waals surface area contributed by atoms with Gasteiger partial charge in [-0.15, -0.1) is 10.2 Å². The van der Waals surface area contributed by atoms with Gasteiger partial charge >= 0.3 is 5.97 Å². The van der Waals surface area contributed by atoms with E-state index in [-0.39, 0.29) is 24.1 Å². The maximum absolute atomic E-state index is 12.0. The summed E-state index contributed by atoms with van der Waals surface area (Å²) in [7, 11) is 3.33. The zero-order valence-electron chi connectivity index (χ0n) is 14.3. The van der Waals surface area contributed by atoms with Gasteiger partial charge < -0.3 is 19.4 Å². The van der Waals surface area contributed by atoms with Crippen LogP contribution in [0, 0.1) is 0 Å². The Balaban J connectivity index is 1.86. The van der Waals surface area contributed by atoms with Crippen molar-refractivity contribution in [3.8, 4) is 5.75 Å². The second-order valence-electron chi connectivity index (χ2n) is 5.00. The molecule has 9 heteroatoms. The molecule has 1 heterocycles. The molecule has 0 fully saturated rings. The van der Waals surface area contributed by atoms with Crippen LogP contribution in [0.4, 0.5) is 5.69 Å². The molecule has 2 rings (SSSR count). The van der Waals surface area contributed by atoms with E-state index in [1.165, 1.54) is 11.8 Å². The lowest BCUT2D eigenvalue weighted by Gasteiger charge is -2.06. The van der Waals surface area contributed by atoms with Crippen molar-refractivity contribution < 1.29 is 19.1 Å². The van der Waals surface area contributed by atoms with Gasteiger partial charge in [-0.1, -0.05) is 11.8 Å². The van der Waals surface area contributed by atoms with Crippen molar-refractivity contribution in [3.05, 3.63) is 30.1 Å². The molecule has 1 amide bonds. The van der Waals surface area contributed by atoms with Crippen LogP contribution in [0.15, 0.2) is 29.4 Å². The number of rotatable bonds is 8. The van der Waals surface area contributed by atoms with Crippen LogP contribution in [-0.4, -0.2) is 46.1 Å².